The molecule has 1 amide bonds. The summed E-state index contributed by atoms with van der Waals surface area (Å²) >= 11 is 0. The lowest BCUT2D eigenvalue weighted by Crippen LogP contribution is -2.42. The van der Waals surface area contributed by atoms with E-state index in [0.717, 1.165) is 64.8 Å². The summed E-state index contributed by atoms with van der Waals surface area (Å²) in [7, 11) is 0. The van der Waals surface area contributed by atoms with Gasteiger partial charge in [0.25, 0.3) is 0 Å². The molecule has 1 unspecified atom stereocenters. The van der Waals surface area contributed by atoms with Crippen LogP contribution in [0.15, 0.2) is 48.5 Å². The van der Waals surface area contributed by atoms with Crippen LogP contribution < -0.4 is 5.32 Å². The standard InChI is InChI=1S/C26H32N2O2/c29-26(22-8-9-25(17-22)27-24-11-14-30-15-12-24)28-13-10-20-6-7-21(16-23(20)18-28)19-4-2-1-3-5-19/h1-7,16,22,24-25,27H,8-15,17-18H2/t22?,25-/m1/s1. The van der Waals surface area contributed by atoms with Gasteiger partial charge < -0.3 is 15.0 Å². The quantitative estimate of drug-likeness (QED) is 0.831. The van der Waals surface area contributed by atoms with Crippen LogP contribution in [0.25, 0.3) is 11.1 Å². The van der Waals surface area contributed by atoms with Gasteiger partial charge in [-0.3, -0.25) is 4.79 Å². The molecule has 1 saturated carbocycles. The molecule has 0 spiro atoms. The molecular formula is C26H32N2O2. The van der Waals surface area contributed by atoms with Crippen molar-refractivity contribution >= 4 is 5.91 Å². The topological polar surface area (TPSA) is 41.6 Å². The second-order valence-electron chi connectivity index (χ2n) is 9.12. The summed E-state index contributed by atoms with van der Waals surface area (Å²) in [6.45, 7) is 3.34. The maximum Gasteiger partial charge on any atom is 0.226 e. The third kappa shape index (κ3) is 4.30. The molecule has 2 fully saturated rings. The van der Waals surface area contributed by atoms with Crippen molar-refractivity contribution in [1.29, 1.82) is 0 Å². The fourth-order valence-corrected chi connectivity index (χ4v) is 5.37. The van der Waals surface area contributed by atoms with Gasteiger partial charge in [0.1, 0.15) is 0 Å². The maximum atomic E-state index is 13.3. The van der Waals surface area contributed by atoms with Crippen molar-refractivity contribution in [3.05, 3.63) is 59.7 Å². The van der Waals surface area contributed by atoms with Crippen LogP contribution in [0, 0.1) is 5.92 Å². The van der Waals surface area contributed by atoms with E-state index in [9.17, 15) is 4.79 Å². The van der Waals surface area contributed by atoms with Crippen molar-refractivity contribution in [3.63, 3.8) is 0 Å². The van der Waals surface area contributed by atoms with E-state index in [2.05, 4.69) is 52.7 Å². The summed E-state index contributed by atoms with van der Waals surface area (Å²) in [5, 5.41) is 3.80. The van der Waals surface area contributed by atoms with Gasteiger partial charge in [-0.15, -0.1) is 0 Å². The van der Waals surface area contributed by atoms with Crippen LogP contribution in [0.2, 0.25) is 0 Å². The molecule has 4 nitrogen and oxygen atoms in total. The highest BCUT2D eigenvalue weighted by molar-refractivity contribution is 5.79. The SMILES string of the molecule is O=C(C1CC[C@@H](NC2CCOCC2)C1)N1CCc2ccc(-c3ccccc3)cc2C1. The first-order valence-corrected chi connectivity index (χ1v) is 11.6. The first kappa shape index (κ1) is 19.8. The molecule has 2 aliphatic heterocycles. The number of fused-ring (bicyclic) bond motifs is 1. The van der Waals surface area contributed by atoms with Crippen LogP contribution in [0.3, 0.4) is 0 Å². The van der Waals surface area contributed by atoms with Crippen molar-refractivity contribution in [3.8, 4) is 11.1 Å². The summed E-state index contributed by atoms with van der Waals surface area (Å²) < 4.78 is 5.47. The maximum absolute atomic E-state index is 13.3. The number of carbonyl (C=O) groups excluding carboxylic acids is 1. The Bertz CT molecular complexity index is 876. The van der Waals surface area contributed by atoms with E-state index in [1.807, 2.05) is 6.07 Å². The van der Waals surface area contributed by atoms with Crippen molar-refractivity contribution in [1.82, 2.24) is 10.2 Å². The van der Waals surface area contributed by atoms with Gasteiger partial charge in [-0.2, -0.15) is 0 Å². The molecule has 0 aromatic heterocycles. The zero-order chi connectivity index (χ0) is 20.3. The largest absolute Gasteiger partial charge is 0.381 e. The van der Waals surface area contributed by atoms with Crippen LogP contribution in [-0.2, 0) is 22.5 Å². The minimum Gasteiger partial charge on any atom is -0.381 e. The van der Waals surface area contributed by atoms with E-state index in [1.54, 1.807) is 0 Å². The predicted molar refractivity (Wildman–Crippen MR) is 119 cm³/mol. The molecular weight excluding hydrogens is 372 g/mol. The Kier molecular flexibility index (Phi) is 5.87. The minimum absolute atomic E-state index is 0.182. The number of nitrogens with one attached hydrogen (secondary N) is 1. The van der Waals surface area contributed by atoms with Crippen LogP contribution >= 0.6 is 0 Å². The lowest BCUT2D eigenvalue weighted by molar-refractivity contribution is -0.136. The molecule has 0 bridgehead atoms. The highest BCUT2D eigenvalue weighted by Gasteiger charge is 2.34. The van der Waals surface area contributed by atoms with Crippen LogP contribution in [-0.4, -0.2) is 42.6 Å². The van der Waals surface area contributed by atoms with Gasteiger partial charge in [-0.25, -0.2) is 0 Å². The average molecular weight is 405 g/mol. The normalized spacial score (nSPS) is 24.6. The van der Waals surface area contributed by atoms with E-state index in [0.29, 0.717) is 18.0 Å². The Balaban J connectivity index is 1.22. The highest BCUT2D eigenvalue weighted by atomic mass is 16.5. The summed E-state index contributed by atoms with van der Waals surface area (Å²) in [5.74, 6) is 0.545. The van der Waals surface area contributed by atoms with Crippen molar-refractivity contribution in [2.45, 2.75) is 57.2 Å². The molecule has 2 aromatic carbocycles. The number of amides is 1. The van der Waals surface area contributed by atoms with Gasteiger partial charge in [0.2, 0.25) is 5.91 Å². The van der Waals surface area contributed by atoms with Gasteiger partial charge in [0.15, 0.2) is 0 Å². The molecule has 5 rings (SSSR count). The van der Waals surface area contributed by atoms with Gasteiger partial charge in [-0.05, 0) is 66.8 Å². The first-order chi connectivity index (χ1) is 14.8. The predicted octanol–water partition coefficient (Wildman–Crippen LogP) is 4.18. The molecule has 1 N–H and O–H groups in total. The number of carbonyl (C=O) groups is 1. The molecule has 1 aliphatic carbocycles. The molecule has 1 saturated heterocycles. The second kappa shape index (κ2) is 8.91. The van der Waals surface area contributed by atoms with Crippen molar-refractivity contribution < 1.29 is 9.53 Å². The third-order valence-corrected chi connectivity index (χ3v) is 7.11. The lowest BCUT2D eigenvalue weighted by Gasteiger charge is -2.31. The molecule has 3 aliphatic rings. The van der Waals surface area contributed by atoms with E-state index in [-0.39, 0.29) is 5.92 Å². The Morgan fingerprint density at radius 3 is 2.57 bits per heavy atom. The van der Waals surface area contributed by atoms with E-state index < -0.39 is 0 Å². The minimum atomic E-state index is 0.182. The fourth-order valence-electron chi connectivity index (χ4n) is 5.37. The number of hydrogen-bond donors (Lipinski definition) is 1. The summed E-state index contributed by atoms with van der Waals surface area (Å²) in [6.07, 6.45) is 6.29. The molecule has 0 radical (unpaired) electrons. The number of rotatable bonds is 4. The fraction of sp³-hybridized carbons (Fsp3) is 0.500. The molecule has 4 heteroatoms. The molecule has 158 valence electrons. The van der Waals surface area contributed by atoms with Crippen molar-refractivity contribution in [2.75, 3.05) is 19.8 Å². The number of nitrogens with zero attached hydrogens (tertiary/aromatic N) is 1. The molecule has 2 atom stereocenters. The van der Waals surface area contributed by atoms with Gasteiger partial charge in [0, 0.05) is 44.3 Å². The highest BCUT2D eigenvalue weighted by Crippen LogP contribution is 2.31. The average Bonchev–Trinajstić information content (AvgIpc) is 3.27. The number of hydrogen-bond acceptors (Lipinski definition) is 3. The van der Waals surface area contributed by atoms with Gasteiger partial charge in [-0.1, -0.05) is 42.5 Å². The smallest absolute Gasteiger partial charge is 0.226 e. The van der Waals surface area contributed by atoms with Gasteiger partial charge in [0.05, 0.1) is 0 Å². The van der Waals surface area contributed by atoms with Gasteiger partial charge >= 0.3 is 0 Å². The van der Waals surface area contributed by atoms with Crippen LogP contribution in [0.5, 0.6) is 0 Å². The lowest BCUT2D eigenvalue weighted by atomic mass is 9.94. The zero-order valence-corrected chi connectivity index (χ0v) is 17.7. The van der Waals surface area contributed by atoms with E-state index in [1.165, 1.54) is 22.3 Å². The monoisotopic (exact) mass is 404 g/mol. The molecule has 2 aromatic rings. The second-order valence-corrected chi connectivity index (χ2v) is 9.12. The first-order valence-electron chi connectivity index (χ1n) is 11.6. The summed E-state index contributed by atoms with van der Waals surface area (Å²) in [4.78, 5) is 15.4. The molecule has 30 heavy (non-hydrogen) atoms. The molecule has 2 heterocycles. The Morgan fingerprint density at radius 1 is 0.900 bits per heavy atom. The summed E-state index contributed by atoms with van der Waals surface area (Å²) in [5.41, 5.74) is 5.18. The van der Waals surface area contributed by atoms with Crippen molar-refractivity contribution in [2.24, 2.45) is 5.92 Å². The van der Waals surface area contributed by atoms with E-state index >= 15 is 0 Å². The number of ether oxygens (including phenoxy) is 1. The van der Waals surface area contributed by atoms with Crippen LogP contribution in [0.1, 0.15) is 43.2 Å². The Labute approximate surface area is 179 Å². The Morgan fingerprint density at radius 2 is 1.73 bits per heavy atom. The van der Waals surface area contributed by atoms with Crippen LogP contribution in [0.4, 0.5) is 0 Å². The zero-order valence-electron chi connectivity index (χ0n) is 17.7. The summed E-state index contributed by atoms with van der Waals surface area (Å²) in [6, 6.07) is 18.3. The number of benzene rings is 2. The van der Waals surface area contributed by atoms with E-state index in [4.69, 9.17) is 4.74 Å². The Hall–Kier alpha value is -2.17. The third-order valence-electron chi connectivity index (χ3n) is 7.11.